The maximum absolute atomic E-state index is 4.64. The van der Waals surface area contributed by atoms with Crippen LogP contribution in [0.3, 0.4) is 0 Å². The summed E-state index contributed by atoms with van der Waals surface area (Å²) >= 11 is 1.69. The van der Waals surface area contributed by atoms with E-state index in [0.29, 0.717) is 12.1 Å². The topological polar surface area (TPSA) is 72.6 Å². The Morgan fingerprint density at radius 3 is 2.53 bits per heavy atom. The molecule has 6 nitrogen and oxygen atoms in total. The number of hydrogen-bond acceptors (Lipinski definition) is 5. The van der Waals surface area contributed by atoms with Crippen molar-refractivity contribution in [3.05, 3.63) is 70.9 Å². The predicted molar refractivity (Wildman–Crippen MR) is 136 cm³/mol. The molecule has 7 heteroatoms. The summed E-state index contributed by atoms with van der Waals surface area (Å²) < 4.78 is 0. The van der Waals surface area contributed by atoms with Crippen molar-refractivity contribution in [2.75, 3.05) is 20.1 Å². The number of aromatic nitrogens is 4. The summed E-state index contributed by atoms with van der Waals surface area (Å²) in [5.74, 6) is 8.72. The van der Waals surface area contributed by atoms with Gasteiger partial charge in [0.1, 0.15) is 11.6 Å². The van der Waals surface area contributed by atoms with E-state index < -0.39 is 0 Å². The average Bonchev–Trinajstić information content (AvgIpc) is 3.67. The van der Waals surface area contributed by atoms with Gasteiger partial charge in [0.15, 0.2) is 0 Å². The van der Waals surface area contributed by atoms with E-state index in [0.717, 1.165) is 58.6 Å². The highest BCUT2D eigenvalue weighted by atomic mass is 32.1. The van der Waals surface area contributed by atoms with Crippen LogP contribution in [-0.2, 0) is 0 Å². The van der Waals surface area contributed by atoms with E-state index in [1.807, 2.05) is 12.4 Å². The zero-order valence-corrected chi connectivity index (χ0v) is 20.1. The van der Waals surface area contributed by atoms with Crippen molar-refractivity contribution in [2.24, 2.45) is 0 Å². The molecule has 2 aliphatic heterocycles. The number of aromatic amines is 2. The first-order valence-corrected chi connectivity index (χ1v) is 12.8. The Morgan fingerprint density at radius 2 is 1.74 bits per heavy atom. The first-order valence-electron chi connectivity index (χ1n) is 12.0. The van der Waals surface area contributed by atoms with Gasteiger partial charge in [0.25, 0.3) is 0 Å². The van der Waals surface area contributed by atoms with E-state index in [1.165, 1.54) is 24.1 Å². The molecule has 3 N–H and O–H groups in total. The highest BCUT2D eigenvalue weighted by Gasteiger charge is 2.25. The fourth-order valence-corrected chi connectivity index (χ4v) is 5.71. The third-order valence-corrected chi connectivity index (χ3v) is 7.85. The molecule has 0 spiro atoms. The lowest BCUT2D eigenvalue weighted by Crippen LogP contribution is -2.18. The Kier molecular flexibility index (Phi) is 5.79. The molecule has 0 radical (unpaired) electrons. The minimum Gasteiger partial charge on any atom is -0.341 e. The minimum absolute atomic E-state index is 0.355. The normalized spacial score (nSPS) is 20.5. The van der Waals surface area contributed by atoms with Crippen LogP contribution < -0.4 is 5.32 Å². The maximum atomic E-state index is 4.64. The first kappa shape index (κ1) is 21.4. The standard InChI is InChI=1S/C27H28N6S/c1-33-15-3-5-24(33)27-30-16-22(31-27)19-9-6-18(7-10-19)8-11-20-12-13-25(34-20)23-17-29-26(32-23)21-4-2-14-28-21/h6-7,9-10,12-13,16-17,21,24,28H,2-5,14-15H2,1H3,(H,29,32)(H,30,31). The summed E-state index contributed by atoms with van der Waals surface area (Å²) in [7, 11) is 2.17. The molecular weight excluding hydrogens is 440 g/mol. The van der Waals surface area contributed by atoms with Gasteiger partial charge in [-0.1, -0.05) is 24.0 Å². The molecule has 0 aliphatic carbocycles. The Bertz CT molecular complexity index is 1330. The smallest absolute Gasteiger partial charge is 0.123 e. The SMILES string of the molecule is CN1CCCC1c1ncc(-c2ccc(C#Cc3ccc(-c4cnc(C5CCCN5)[nH]4)s3)cc2)[nH]1. The van der Waals surface area contributed by atoms with Gasteiger partial charge in [-0.05, 0) is 75.6 Å². The molecule has 5 heterocycles. The maximum Gasteiger partial charge on any atom is 0.123 e. The lowest BCUT2D eigenvalue weighted by Gasteiger charge is -2.16. The van der Waals surface area contributed by atoms with Crippen molar-refractivity contribution in [3.63, 3.8) is 0 Å². The van der Waals surface area contributed by atoms with Gasteiger partial charge in [-0.3, -0.25) is 4.90 Å². The number of H-pyrrole nitrogens is 2. The van der Waals surface area contributed by atoms with Crippen LogP contribution >= 0.6 is 11.3 Å². The molecule has 2 unspecified atom stereocenters. The molecule has 2 saturated heterocycles. The Labute approximate surface area is 203 Å². The van der Waals surface area contributed by atoms with Gasteiger partial charge < -0.3 is 15.3 Å². The summed E-state index contributed by atoms with van der Waals surface area (Å²) in [5.41, 5.74) is 4.26. The molecule has 172 valence electrons. The van der Waals surface area contributed by atoms with Crippen LogP contribution in [0.1, 0.15) is 59.9 Å². The van der Waals surface area contributed by atoms with E-state index in [-0.39, 0.29) is 0 Å². The molecule has 2 fully saturated rings. The van der Waals surface area contributed by atoms with Crippen molar-refractivity contribution in [1.82, 2.24) is 30.2 Å². The molecule has 3 aromatic heterocycles. The van der Waals surface area contributed by atoms with Crippen LogP contribution in [0, 0.1) is 11.8 Å². The van der Waals surface area contributed by atoms with Crippen molar-refractivity contribution in [1.29, 1.82) is 0 Å². The zero-order valence-electron chi connectivity index (χ0n) is 19.3. The second kappa shape index (κ2) is 9.22. The first-order chi connectivity index (χ1) is 16.7. The number of nitrogens with zero attached hydrogens (tertiary/aromatic N) is 3. The molecule has 1 aromatic carbocycles. The monoisotopic (exact) mass is 468 g/mol. The lowest BCUT2D eigenvalue weighted by molar-refractivity contribution is 0.307. The second-order valence-corrected chi connectivity index (χ2v) is 10.2. The van der Waals surface area contributed by atoms with Gasteiger partial charge in [0.05, 0.1) is 45.6 Å². The van der Waals surface area contributed by atoms with Gasteiger partial charge in [-0.25, -0.2) is 9.97 Å². The molecule has 0 saturated carbocycles. The Balaban J connectivity index is 1.13. The predicted octanol–water partition coefficient (Wildman–Crippen LogP) is 5.12. The van der Waals surface area contributed by atoms with Crippen molar-refractivity contribution in [3.8, 4) is 33.7 Å². The van der Waals surface area contributed by atoms with Gasteiger partial charge >= 0.3 is 0 Å². The third kappa shape index (κ3) is 4.32. The number of rotatable bonds is 4. The van der Waals surface area contributed by atoms with E-state index in [2.05, 4.69) is 85.4 Å². The number of thiophene rings is 1. The number of likely N-dealkylation sites (tertiary alicyclic amines) is 1. The Hall–Kier alpha value is -3.18. The summed E-state index contributed by atoms with van der Waals surface area (Å²) in [6, 6.07) is 13.3. The second-order valence-electron chi connectivity index (χ2n) is 9.14. The summed E-state index contributed by atoms with van der Waals surface area (Å²) in [6.07, 6.45) is 8.63. The van der Waals surface area contributed by atoms with Crippen LogP contribution in [0.15, 0.2) is 48.8 Å². The van der Waals surface area contributed by atoms with E-state index in [4.69, 9.17) is 0 Å². The van der Waals surface area contributed by atoms with E-state index in [9.17, 15) is 0 Å². The highest BCUT2D eigenvalue weighted by Crippen LogP contribution is 2.30. The molecule has 2 atom stereocenters. The highest BCUT2D eigenvalue weighted by molar-refractivity contribution is 7.16. The average molecular weight is 469 g/mol. The number of nitrogens with one attached hydrogen (secondary N) is 3. The molecule has 2 aliphatic rings. The number of benzene rings is 1. The van der Waals surface area contributed by atoms with Gasteiger partial charge in [-0.15, -0.1) is 11.3 Å². The van der Waals surface area contributed by atoms with Crippen LogP contribution in [0.25, 0.3) is 21.8 Å². The summed E-state index contributed by atoms with van der Waals surface area (Å²) in [5, 5.41) is 3.49. The fourth-order valence-electron chi connectivity index (χ4n) is 4.88. The van der Waals surface area contributed by atoms with Gasteiger partial charge in [0, 0.05) is 5.56 Å². The molecule has 34 heavy (non-hydrogen) atoms. The molecule has 6 rings (SSSR count). The molecule has 0 amide bonds. The van der Waals surface area contributed by atoms with Crippen molar-refractivity contribution < 1.29 is 0 Å². The van der Waals surface area contributed by atoms with Crippen LogP contribution in [0.4, 0.5) is 0 Å². The minimum atomic E-state index is 0.355. The lowest BCUT2D eigenvalue weighted by atomic mass is 10.1. The fraction of sp³-hybridized carbons (Fsp3) is 0.333. The Morgan fingerprint density at radius 1 is 0.912 bits per heavy atom. The van der Waals surface area contributed by atoms with Crippen molar-refractivity contribution in [2.45, 2.75) is 37.8 Å². The van der Waals surface area contributed by atoms with Crippen LogP contribution in [0.2, 0.25) is 0 Å². The molecular formula is C27H28N6S. The summed E-state index contributed by atoms with van der Waals surface area (Å²) in [6.45, 7) is 2.21. The van der Waals surface area contributed by atoms with Crippen molar-refractivity contribution >= 4 is 11.3 Å². The quantitative estimate of drug-likeness (QED) is 0.364. The molecule has 4 aromatic rings. The number of hydrogen-bond donors (Lipinski definition) is 3. The zero-order chi connectivity index (χ0) is 22.9. The van der Waals surface area contributed by atoms with Crippen LogP contribution in [-0.4, -0.2) is 45.0 Å². The largest absolute Gasteiger partial charge is 0.341 e. The molecule has 0 bridgehead atoms. The van der Waals surface area contributed by atoms with Gasteiger partial charge in [-0.2, -0.15) is 0 Å². The van der Waals surface area contributed by atoms with Gasteiger partial charge in [0.2, 0.25) is 0 Å². The third-order valence-electron chi connectivity index (χ3n) is 6.81. The summed E-state index contributed by atoms with van der Waals surface area (Å²) in [4.78, 5) is 20.8. The number of imidazole rings is 2. The van der Waals surface area contributed by atoms with Crippen LogP contribution in [0.5, 0.6) is 0 Å². The van der Waals surface area contributed by atoms with E-state index in [1.54, 1.807) is 11.3 Å². The van der Waals surface area contributed by atoms with E-state index >= 15 is 0 Å².